The first-order valence-electron chi connectivity index (χ1n) is 9.84. The van der Waals surface area contributed by atoms with Crippen LogP contribution in [0.3, 0.4) is 0 Å². The van der Waals surface area contributed by atoms with Crippen LogP contribution < -0.4 is 10.2 Å². The molecule has 2 fully saturated rings. The SMILES string of the molecule is Cc1ccc(N2CCCN(Cc3cc(F)ccc3Cl)C2=O)c(NC(=O)C2CC2)c1. The van der Waals surface area contributed by atoms with Crippen molar-refractivity contribution in [1.29, 1.82) is 0 Å². The Morgan fingerprint density at radius 1 is 1.21 bits per heavy atom. The summed E-state index contributed by atoms with van der Waals surface area (Å²) in [5.41, 5.74) is 2.92. The highest BCUT2D eigenvalue weighted by Crippen LogP contribution is 2.34. The van der Waals surface area contributed by atoms with Crippen molar-refractivity contribution in [2.24, 2.45) is 5.92 Å². The monoisotopic (exact) mass is 415 g/mol. The van der Waals surface area contributed by atoms with Crippen molar-refractivity contribution in [3.8, 4) is 0 Å². The minimum atomic E-state index is -0.380. The van der Waals surface area contributed by atoms with E-state index in [4.69, 9.17) is 11.6 Å². The summed E-state index contributed by atoms with van der Waals surface area (Å²) in [6.45, 7) is 3.31. The summed E-state index contributed by atoms with van der Waals surface area (Å²) in [6, 6.07) is 9.68. The molecule has 0 aromatic heterocycles. The number of hydrogen-bond donors (Lipinski definition) is 1. The van der Waals surface area contributed by atoms with Crippen LogP contribution in [-0.4, -0.2) is 29.9 Å². The maximum absolute atomic E-state index is 13.6. The maximum Gasteiger partial charge on any atom is 0.324 e. The molecule has 5 nitrogen and oxygen atoms in total. The van der Waals surface area contributed by atoms with Gasteiger partial charge in [0.1, 0.15) is 5.82 Å². The van der Waals surface area contributed by atoms with Crippen molar-refractivity contribution in [1.82, 2.24) is 4.90 Å². The smallest absolute Gasteiger partial charge is 0.324 e. The van der Waals surface area contributed by atoms with E-state index in [1.54, 1.807) is 9.80 Å². The van der Waals surface area contributed by atoms with Gasteiger partial charge in [0.2, 0.25) is 5.91 Å². The normalized spacial score (nSPS) is 16.9. The molecule has 7 heteroatoms. The predicted octanol–water partition coefficient (Wildman–Crippen LogP) is 4.97. The van der Waals surface area contributed by atoms with Gasteiger partial charge in [0.25, 0.3) is 0 Å². The molecule has 29 heavy (non-hydrogen) atoms. The average Bonchev–Trinajstić information content (AvgIpc) is 3.52. The number of amides is 3. The molecule has 0 radical (unpaired) electrons. The number of aryl methyl sites for hydroxylation is 1. The second kappa shape index (κ2) is 8.03. The highest BCUT2D eigenvalue weighted by Gasteiger charge is 2.32. The molecule has 0 spiro atoms. The van der Waals surface area contributed by atoms with E-state index < -0.39 is 0 Å². The molecule has 0 bridgehead atoms. The average molecular weight is 416 g/mol. The summed E-state index contributed by atoms with van der Waals surface area (Å²) in [5, 5.41) is 3.42. The van der Waals surface area contributed by atoms with Crippen LogP contribution >= 0.6 is 11.6 Å². The Morgan fingerprint density at radius 3 is 2.76 bits per heavy atom. The number of carbonyl (C=O) groups excluding carboxylic acids is 2. The first-order chi connectivity index (χ1) is 13.9. The molecule has 0 unspecified atom stereocenters. The van der Waals surface area contributed by atoms with Crippen molar-refractivity contribution in [3.63, 3.8) is 0 Å². The third-order valence-electron chi connectivity index (χ3n) is 5.33. The van der Waals surface area contributed by atoms with Crippen molar-refractivity contribution in [3.05, 3.63) is 58.4 Å². The number of carbonyl (C=O) groups is 2. The summed E-state index contributed by atoms with van der Waals surface area (Å²) in [7, 11) is 0. The van der Waals surface area contributed by atoms with Gasteiger partial charge in [-0.15, -0.1) is 0 Å². The number of halogens is 2. The van der Waals surface area contributed by atoms with Crippen LogP contribution in [-0.2, 0) is 11.3 Å². The molecule has 1 N–H and O–H groups in total. The Labute approximate surface area is 174 Å². The molecular formula is C22H23ClFN3O2. The molecule has 1 saturated carbocycles. The van der Waals surface area contributed by atoms with Gasteiger partial charge in [-0.05, 0) is 67.6 Å². The molecule has 3 amide bonds. The Hall–Kier alpha value is -2.60. The number of nitrogens with zero attached hydrogens (tertiary/aromatic N) is 2. The van der Waals surface area contributed by atoms with Gasteiger partial charge in [0.05, 0.1) is 11.4 Å². The summed E-state index contributed by atoms with van der Waals surface area (Å²) in [5.74, 6) is -0.300. The minimum Gasteiger partial charge on any atom is -0.324 e. The number of rotatable bonds is 5. The Bertz CT molecular complexity index is 961. The summed E-state index contributed by atoms with van der Waals surface area (Å²) >= 11 is 6.19. The molecule has 1 aliphatic carbocycles. The van der Waals surface area contributed by atoms with E-state index in [1.807, 2.05) is 25.1 Å². The van der Waals surface area contributed by atoms with Crippen LogP contribution in [0, 0.1) is 18.7 Å². The molecule has 1 saturated heterocycles. The Balaban J connectivity index is 1.57. The zero-order chi connectivity index (χ0) is 20.5. The third kappa shape index (κ3) is 4.37. The molecule has 1 heterocycles. The molecule has 1 aliphatic heterocycles. The van der Waals surface area contributed by atoms with Gasteiger partial charge in [0.15, 0.2) is 0 Å². The Morgan fingerprint density at radius 2 is 2.00 bits per heavy atom. The fraction of sp³-hybridized carbons (Fsp3) is 0.364. The van der Waals surface area contributed by atoms with Gasteiger partial charge >= 0.3 is 6.03 Å². The largest absolute Gasteiger partial charge is 0.324 e. The van der Waals surface area contributed by atoms with E-state index in [-0.39, 0.29) is 30.2 Å². The van der Waals surface area contributed by atoms with Gasteiger partial charge in [-0.2, -0.15) is 0 Å². The zero-order valence-corrected chi connectivity index (χ0v) is 17.0. The lowest BCUT2D eigenvalue weighted by Crippen LogP contribution is -2.49. The quantitative estimate of drug-likeness (QED) is 0.749. The second-order valence-corrected chi connectivity index (χ2v) is 8.14. The standard InChI is InChI=1S/C22H23ClFN3O2/c1-14-3-8-20(19(11-14)25-21(28)15-4-5-15)27-10-2-9-26(22(27)29)13-16-12-17(24)6-7-18(16)23/h3,6-8,11-12,15H,2,4-5,9-10,13H2,1H3,(H,25,28). The van der Waals surface area contributed by atoms with Gasteiger partial charge in [0, 0.05) is 30.6 Å². The minimum absolute atomic E-state index is 0.00436. The highest BCUT2D eigenvalue weighted by atomic mass is 35.5. The van der Waals surface area contributed by atoms with Crippen LogP contribution in [0.25, 0.3) is 0 Å². The van der Waals surface area contributed by atoms with E-state index in [2.05, 4.69) is 5.32 Å². The third-order valence-corrected chi connectivity index (χ3v) is 5.70. The summed E-state index contributed by atoms with van der Waals surface area (Å²) in [6.07, 6.45) is 2.60. The van der Waals surface area contributed by atoms with Crippen LogP contribution in [0.15, 0.2) is 36.4 Å². The molecule has 2 aromatic carbocycles. The lowest BCUT2D eigenvalue weighted by molar-refractivity contribution is -0.117. The van der Waals surface area contributed by atoms with Gasteiger partial charge in [-0.3, -0.25) is 9.69 Å². The first kappa shape index (κ1) is 19.7. The Kier molecular flexibility index (Phi) is 5.46. The topological polar surface area (TPSA) is 52.6 Å². The van der Waals surface area contributed by atoms with Gasteiger partial charge in [-0.1, -0.05) is 17.7 Å². The van der Waals surface area contributed by atoms with Crippen LogP contribution in [0.4, 0.5) is 20.6 Å². The summed E-state index contributed by atoms with van der Waals surface area (Å²) < 4.78 is 13.6. The molecule has 4 rings (SSSR count). The van der Waals surface area contributed by atoms with Crippen molar-refractivity contribution in [2.45, 2.75) is 32.7 Å². The number of benzene rings is 2. The molecule has 2 aromatic rings. The molecule has 2 aliphatic rings. The van der Waals surface area contributed by atoms with Crippen LogP contribution in [0.2, 0.25) is 5.02 Å². The zero-order valence-electron chi connectivity index (χ0n) is 16.3. The predicted molar refractivity (Wildman–Crippen MR) is 112 cm³/mol. The van der Waals surface area contributed by atoms with Gasteiger partial charge in [-0.25, -0.2) is 9.18 Å². The van der Waals surface area contributed by atoms with Crippen LogP contribution in [0.5, 0.6) is 0 Å². The van der Waals surface area contributed by atoms with E-state index in [0.29, 0.717) is 35.1 Å². The van der Waals surface area contributed by atoms with E-state index in [0.717, 1.165) is 24.8 Å². The fourth-order valence-electron chi connectivity index (χ4n) is 3.59. The highest BCUT2D eigenvalue weighted by molar-refractivity contribution is 6.31. The number of hydrogen-bond acceptors (Lipinski definition) is 2. The molecular weight excluding hydrogens is 393 g/mol. The van der Waals surface area contributed by atoms with E-state index in [9.17, 15) is 14.0 Å². The second-order valence-electron chi connectivity index (χ2n) is 7.73. The first-order valence-corrected chi connectivity index (χ1v) is 10.2. The summed E-state index contributed by atoms with van der Waals surface area (Å²) in [4.78, 5) is 28.8. The lowest BCUT2D eigenvalue weighted by Gasteiger charge is -2.36. The molecule has 0 atom stereocenters. The van der Waals surface area contributed by atoms with Crippen molar-refractivity contribution < 1.29 is 14.0 Å². The van der Waals surface area contributed by atoms with E-state index in [1.165, 1.54) is 18.2 Å². The van der Waals surface area contributed by atoms with Gasteiger partial charge < -0.3 is 10.2 Å². The number of nitrogens with one attached hydrogen (secondary N) is 1. The number of urea groups is 1. The maximum atomic E-state index is 13.6. The lowest BCUT2D eigenvalue weighted by atomic mass is 10.1. The van der Waals surface area contributed by atoms with E-state index >= 15 is 0 Å². The molecule has 152 valence electrons. The van der Waals surface area contributed by atoms with Crippen LogP contribution in [0.1, 0.15) is 30.4 Å². The van der Waals surface area contributed by atoms with Crippen molar-refractivity contribution in [2.75, 3.05) is 23.3 Å². The number of anilines is 2. The van der Waals surface area contributed by atoms with Crippen molar-refractivity contribution >= 4 is 34.9 Å². The fourth-order valence-corrected chi connectivity index (χ4v) is 3.76.